The first-order valence-corrected chi connectivity index (χ1v) is 6.40. The molecule has 1 saturated carbocycles. The van der Waals surface area contributed by atoms with Crippen LogP contribution in [0, 0.1) is 17.2 Å². The highest BCUT2D eigenvalue weighted by molar-refractivity contribution is 7.10. The molecular weight excluding hydrogens is 220 g/mol. The summed E-state index contributed by atoms with van der Waals surface area (Å²) in [6.07, 6.45) is 4.86. The van der Waals surface area contributed by atoms with Gasteiger partial charge in [0.05, 0.1) is 0 Å². The zero-order valence-corrected chi connectivity index (χ0v) is 10.2. The van der Waals surface area contributed by atoms with Crippen molar-refractivity contribution < 1.29 is 0 Å². The fraction of sp³-hybridized carbons (Fsp3) is 0.636. The minimum absolute atomic E-state index is 0.346. The van der Waals surface area contributed by atoms with Crippen LogP contribution in [-0.4, -0.2) is 10.4 Å². The van der Waals surface area contributed by atoms with Crippen molar-refractivity contribution in [1.29, 1.82) is 5.26 Å². The SMILES string of the molecule is CC1CCC(Nc2snc(N)c2C#N)CC1. The third-order valence-corrected chi connectivity index (χ3v) is 3.97. The maximum atomic E-state index is 8.96. The molecule has 3 N–H and O–H groups in total. The summed E-state index contributed by atoms with van der Waals surface area (Å²) >= 11 is 1.29. The molecule has 1 aromatic rings. The number of anilines is 2. The number of rotatable bonds is 2. The predicted octanol–water partition coefficient (Wildman–Crippen LogP) is 2.59. The molecule has 2 rings (SSSR count). The van der Waals surface area contributed by atoms with Crippen LogP contribution in [0.2, 0.25) is 0 Å². The molecule has 0 bridgehead atoms. The highest BCUT2D eigenvalue weighted by Gasteiger charge is 2.20. The normalized spacial score (nSPS) is 25.0. The molecule has 0 spiro atoms. The minimum atomic E-state index is 0.346. The van der Waals surface area contributed by atoms with Crippen LogP contribution in [0.4, 0.5) is 10.8 Å². The third kappa shape index (κ3) is 2.27. The zero-order valence-electron chi connectivity index (χ0n) is 9.36. The molecule has 0 radical (unpaired) electrons. The molecule has 16 heavy (non-hydrogen) atoms. The molecule has 86 valence electrons. The number of nitriles is 1. The van der Waals surface area contributed by atoms with Gasteiger partial charge in [-0.15, -0.1) is 0 Å². The fourth-order valence-corrected chi connectivity index (χ4v) is 2.84. The van der Waals surface area contributed by atoms with Gasteiger partial charge in [-0.05, 0) is 43.1 Å². The van der Waals surface area contributed by atoms with E-state index in [-0.39, 0.29) is 0 Å². The van der Waals surface area contributed by atoms with E-state index in [1.807, 2.05) is 0 Å². The van der Waals surface area contributed by atoms with E-state index in [9.17, 15) is 0 Å². The van der Waals surface area contributed by atoms with Gasteiger partial charge in [0.15, 0.2) is 5.82 Å². The van der Waals surface area contributed by atoms with Crippen LogP contribution in [0.1, 0.15) is 38.2 Å². The topological polar surface area (TPSA) is 74.7 Å². The van der Waals surface area contributed by atoms with Crippen molar-refractivity contribution in [2.45, 2.75) is 38.6 Å². The van der Waals surface area contributed by atoms with Gasteiger partial charge in [0, 0.05) is 6.04 Å². The Morgan fingerprint density at radius 1 is 1.44 bits per heavy atom. The number of nitrogens with one attached hydrogen (secondary N) is 1. The van der Waals surface area contributed by atoms with Gasteiger partial charge < -0.3 is 11.1 Å². The number of hydrogen-bond donors (Lipinski definition) is 2. The van der Waals surface area contributed by atoms with Crippen molar-refractivity contribution in [1.82, 2.24) is 4.37 Å². The van der Waals surface area contributed by atoms with E-state index in [1.165, 1.54) is 37.2 Å². The summed E-state index contributed by atoms with van der Waals surface area (Å²) in [4.78, 5) is 0. The average Bonchev–Trinajstić information content (AvgIpc) is 2.63. The number of nitrogen functional groups attached to an aromatic ring is 1. The van der Waals surface area contributed by atoms with Crippen molar-refractivity contribution >= 4 is 22.4 Å². The lowest BCUT2D eigenvalue weighted by Crippen LogP contribution is -2.25. The molecular formula is C11H16N4S. The summed E-state index contributed by atoms with van der Waals surface area (Å²) in [5, 5.41) is 13.2. The summed E-state index contributed by atoms with van der Waals surface area (Å²) < 4.78 is 4.00. The maximum Gasteiger partial charge on any atom is 0.157 e. The van der Waals surface area contributed by atoms with Gasteiger partial charge in [0.1, 0.15) is 16.6 Å². The quantitative estimate of drug-likeness (QED) is 0.827. The predicted molar refractivity (Wildman–Crippen MR) is 66.3 cm³/mol. The number of hydrogen-bond acceptors (Lipinski definition) is 5. The Morgan fingerprint density at radius 2 is 2.12 bits per heavy atom. The van der Waals surface area contributed by atoms with Crippen molar-refractivity contribution in [2.75, 3.05) is 11.1 Å². The first-order valence-electron chi connectivity index (χ1n) is 5.62. The van der Waals surface area contributed by atoms with Gasteiger partial charge in [-0.3, -0.25) is 0 Å². The molecule has 0 atom stereocenters. The lowest BCUT2D eigenvalue weighted by Gasteiger charge is -2.27. The van der Waals surface area contributed by atoms with Gasteiger partial charge in [-0.2, -0.15) is 9.64 Å². The van der Waals surface area contributed by atoms with Crippen molar-refractivity contribution in [3.8, 4) is 6.07 Å². The number of nitrogens with two attached hydrogens (primary N) is 1. The standard InChI is InChI=1S/C11H16N4S/c1-7-2-4-8(5-3-7)14-11-9(6-12)10(13)15-16-11/h7-8,14H,2-5H2,1H3,(H2,13,15). The van der Waals surface area contributed by atoms with Gasteiger partial charge in [0.2, 0.25) is 0 Å². The van der Waals surface area contributed by atoms with E-state index >= 15 is 0 Å². The van der Waals surface area contributed by atoms with Crippen molar-refractivity contribution in [3.05, 3.63) is 5.56 Å². The monoisotopic (exact) mass is 236 g/mol. The Labute approximate surface area is 99.6 Å². The molecule has 5 heteroatoms. The minimum Gasteiger partial charge on any atom is -0.382 e. The van der Waals surface area contributed by atoms with Crippen LogP contribution in [0.25, 0.3) is 0 Å². The molecule has 1 aliphatic carbocycles. The average molecular weight is 236 g/mol. The summed E-state index contributed by atoms with van der Waals surface area (Å²) in [6, 6.07) is 2.58. The Balaban J connectivity index is 2.02. The van der Waals surface area contributed by atoms with Crippen LogP contribution >= 0.6 is 11.5 Å². The molecule has 4 nitrogen and oxygen atoms in total. The summed E-state index contributed by atoms with van der Waals surface area (Å²) in [5.74, 6) is 1.18. The second-order valence-electron chi connectivity index (χ2n) is 4.48. The molecule has 0 amide bonds. The second kappa shape index (κ2) is 4.71. The summed E-state index contributed by atoms with van der Waals surface area (Å²) in [6.45, 7) is 2.29. The van der Waals surface area contributed by atoms with Crippen LogP contribution in [0.5, 0.6) is 0 Å². The molecule has 0 aliphatic heterocycles. The fourth-order valence-electron chi connectivity index (χ4n) is 2.10. The summed E-state index contributed by atoms with van der Waals surface area (Å²) in [5.41, 5.74) is 6.12. The van der Waals surface area contributed by atoms with Gasteiger partial charge in [-0.25, -0.2) is 0 Å². The lowest BCUT2D eigenvalue weighted by molar-refractivity contribution is 0.361. The molecule has 1 aliphatic rings. The van der Waals surface area contributed by atoms with Crippen molar-refractivity contribution in [3.63, 3.8) is 0 Å². The van der Waals surface area contributed by atoms with Crippen LogP contribution in [0.15, 0.2) is 0 Å². The zero-order chi connectivity index (χ0) is 11.5. The van der Waals surface area contributed by atoms with Gasteiger partial charge in [-0.1, -0.05) is 6.92 Å². The molecule has 0 aromatic carbocycles. The Morgan fingerprint density at radius 3 is 2.75 bits per heavy atom. The molecule has 1 heterocycles. The van der Waals surface area contributed by atoms with E-state index < -0.39 is 0 Å². The molecule has 1 fully saturated rings. The number of nitrogens with zero attached hydrogens (tertiary/aromatic N) is 2. The van der Waals surface area contributed by atoms with Gasteiger partial charge >= 0.3 is 0 Å². The smallest absolute Gasteiger partial charge is 0.157 e. The van der Waals surface area contributed by atoms with Crippen molar-refractivity contribution in [2.24, 2.45) is 5.92 Å². The van der Waals surface area contributed by atoms with Gasteiger partial charge in [0.25, 0.3) is 0 Å². The van der Waals surface area contributed by atoms with Crippen LogP contribution in [-0.2, 0) is 0 Å². The molecule has 0 saturated heterocycles. The van der Waals surface area contributed by atoms with Crippen LogP contribution in [0.3, 0.4) is 0 Å². The Kier molecular flexibility index (Phi) is 3.30. The third-order valence-electron chi connectivity index (χ3n) is 3.18. The highest BCUT2D eigenvalue weighted by atomic mass is 32.1. The Bertz CT molecular complexity index is 399. The van der Waals surface area contributed by atoms with Crippen LogP contribution < -0.4 is 11.1 Å². The maximum absolute atomic E-state index is 8.96. The number of aromatic nitrogens is 1. The second-order valence-corrected chi connectivity index (χ2v) is 5.26. The Hall–Kier alpha value is -1.28. The van der Waals surface area contributed by atoms with E-state index in [1.54, 1.807) is 0 Å². The lowest BCUT2D eigenvalue weighted by atomic mass is 9.87. The first-order chi connectivity index (χ1) is 7.70. The first kappa shape index (κ1) is 11.2. The molecule has 0 unspecified atom stereocenters. The van der Waals surface area contributed by atoms with E-state index in [0.29, 0.717) is 17.4 Å². The molecule has 1 aromatic heterocycles. The highest BCUT2D eigenvalue weighted by Crippen LogP contribution is 2.30. The largest absolute Gasteiger partial charge is 0.382 e. The van der Waals surface area contributed by atoms with E-state index in [0.717, 1.165) is 10.9 Å². The van der Waals surface area contributed by atoms with E-state index in [2.05, 4.69) is 22.7 Å². The summed E-state index contributed by atoms with van der Waals surface area (Å²) in [7, 11) is 0. The van der Waals surface area contributed by atoms with E-state index in [4.69, 9.17) is 11.0 Å².